The number of hydrogen-bond acceptors (Lipinski definition) is 5. The van der Waals surface area contributed by atoms with Gasteiger partial charge in [-0.05, 0) is 91.8 Å². The van der Waals surface area contributed by atoms with E-state index < -0.39 is 32.7 Å². The summed E-state index contributed by atoms with van der Waals surface area (Å²) >= 11 is 0. The first-order valence-corrected chi connectivity index (χ1v) is 13.8. The van der Waals surface area contributed by atoms with Crippen LogP contribution in [0.4, 0.5) is 13.2 Å². The third-order valence-electron chi connectivity index (χ3n) is 7.38. The fourth-order valence-corrected chi connectivity index (χ4v) is 6.78. The van der Waals surface area contributed by atoms with Gasteiger partial charge in [0.15, 0.2) is 0 Å². The number of alkyl halides is 3. The van der Waals surface area contributed by atoms with Gasteiger partial charge in [-0.25, -0.2) is 13.1 Å². The van der Waals surface area contributed by atoms with Crippen LogP contribution in [0.3, 0.4) is 0 Å². The number of halogens is 3. The SMILES string of the molecule is C=CC1CN2CCC1C[C@@H]2[C@H](NS(=O)(=O)c1cc(C)cc(C(F)(F)F)c1)c1ccnc(/C=C\C(=C)OC)c1. The quantitative estimate of drug-likeness (QED) is 0.255. The summed E-state index contributed by atoms with van der Waals surface area (Å²) in [5.41, 5.74) is 0.446. The van der Waals surface area contributed by atoms with Gasteiger partial charge in [0, 0.05) is 18.8 Å². The number of pyridine rings is 1. The second-order valence-corrected chi connectivity index (χ2v) is 11.6. The lowest BCUT2D eigenvalue weighted by molar-refractivity contribution is -0.137. The van der Waals surface area contributed by atoms with Gasteiger partial charge in [0.2, 0.25) is 10.0 Å². The molecule has 5 rings (SSSR count). The molecule has 3 aliphatic rings. The number of allylic oxidation sites excluding steroid dienone is 1. The number of benzene rings is 1. The molecule has 10 heteroatoms. The van der Waals surface area contributed by atoms with Crippen LogP contribution in [0.1, 0.15) is 41.3 Å². The first-order valence-electron chi connectivity index (χ1n) is 12.4. The zero-order chi connectivity index (χ0) is 27.7. The summed E-state index contributed by atoms with van der Waals surface area (Å²) in [4.78, 5) is 6.17. The van der Waals surface area contributed by atoms with Crippen molar-refractivity contribution in [3.05, 3.63) is 90.0 Å². The van der Waals surface area contributed by atoms with Crippen molar-refractivity contribution in [2.45, 2.75) is 42.9 Å². The van der Waals surface area contributed by atoms with E-state index in [-0.39, 0.29) is 11.6 Å². The highest BCUT2D eigenvalue weighted by molar-refractivity contribution is 7.89. The highest BCUT2D eigenvalue weighted by atomic mass is 32.2. The number of nitrogens with zero attached hydrogens (tertiary/aromatic N) is 2. The summed E-state index contributed by atoms with van der Waals surface area (Å²) in [5.74, 6) is 1.11. The van der Waals surface area contributed by atoms with Crippen LogP contribution in [0, 0.1) is 18.8 Å². The van der Waals surface area contributed by atoms with Crippen LogP contribution in [-0.4, -0.2) is 44.5 Å². The monoisotopic (exact) mass is 547 g/mol. The van der Waals surface area contributed by atoms with Crippen molar-refractivity contribution in [2.75, 3.05) is 20.2 Å². The molecule has 6 nitrogen and oxygen atoms in total. The van der Waals surface area contributed by atoms with Crippen molar-refractivity contribution in [1.82, 2.24) is 14.6 Å². The van der Waals surface area contributed by atoms with Gasteiger partial charge in [-0.2, -0.15) is 13.2 Å². The molecule has 2 aromatic rings. The van der Waals surface area contributed by atoms with Gasteiger partial charge >= 0.3 is 6.18 Å². The van der Waals surface area contributed by atoms with Crippen molar-refractivity contribution in [2.24, 2.45) is 11.8 Å². The standard InChI is InChI=1S/C28H32F3N3O3S/c1-5-20-17-34-11-9-21(20)15-26(34)27(22-8-10-32-24(14-22)7-6-19(3)37-4)33-38(35,36)25-13-18(2)12-23(16-25)28(29,30)31/h5-8,10,12-14,16,20-21,26-27,33H,1,3,9,11,15,17H2,2,4H3/b7-6-/t20?,21?,26-,27-/m1/s1. The normalized spacial score (nSPS) is 24.3. The summed E-state index contributed by atoms with van der Waals surface area (Å²) in [5, 5.41) is 0. The summed E-state index contributed by atoms with van der Waals surface area (Å²) in [7, 11) is -2.81. The molecule has 3 unspecified atom stereocenters. The molecule has 1 aromatic carbocycles. The zero-order valence-electron chi connectivity index (χ0n) is 21.4. The average Bonchev–Trinajstić information content (AvgIpc) is 2.89. The second kappa shape index (κ2) is 11.0. The Morgan fingerprint density at radius 3 is 2.68 bits per heavy atom. The van der Waals surface area contributed by atoms with Crippen LogP contribution in [0.2, 0.25) is 0 Å². The van der Waals surface area contributed by atoms with E-state index in [4.69, 9.17) is 4.74 Å². The van der Waals surface area contributed by atoms with E-state index in [1.165, 1.54) is 20.1 Å². The average molecular weight is 548 g/mol. The van der Waals surface area contributed by atoms with Crippen LogP contribution < -0.4 is 4.72 Å². The Bertz CT molecular complexity index is 1340. The van der Waals surface area contributed by atoms with E-state index in [0.29, 0.717) is 34.9 Å². The minimum Gasteiger partial charge on any atom is -0.497 e. The predicted molar refractivity (Wildman–Crippen MR) is 140 cm³/mol. The van der Waals surface area contributed by atoms with Crippen LogP contribution in [0.25, 0.3) is 6.08 Å². The molecule has 0 saturated carbocycles. The van der Waals surface area contributed by atoms with E-state index in [9.17, 15) is 21.6 Å². The summed E-state index contributed by atoms with van der Waals surface area (Å²) < 4.78 is 75.4. The maximum Gasteiger partial charge on any atom is 0.416 e. The highest BCUT2D eigenvalue weighted by Gasteiger charge is 2.44. The molecule has 1 aromatic heterocycles. The van der Waals surface area contributed by atoms with Crippen molar-refractivity contribution >= 4 is 16.1 Å². The fraction of sp³-hybridized carbons (Fsp3) is 0.393. The molecule has 38 heavy (non-hydrogen) atoms. The molecule has 0 amide bonds. The van der Waals surface area contributed by atoms with E-state index in [1.54, 1.807) is 30.5 Å². The van der Waals surface area contributed by atoms with Gasteiger partial charge in [0.1, 0.15) is 5.76 Å². The van der Waals surface area contributed by atoms with Gasteiger partial charge < -0.3 is 4.74 Å². The predicted octanol–water partition coefficient (Wildman–Crippen LogP) is 5.50. The minimum absolute atomic E-state index is 0.181. The number of aryl methyl sites for hydroxylation is 1. The van der Waals surface area contributed by atoms with Gasteiger partial charge in [-0.15, -0.1) is 6.58 Å². The molecule has 3 saturated heterocycles. The number of rotatable bonds is 9. The lowest BCUT2D eigenvalue weighted by Gasteiger charge is -2.51. The van der Waals surface area contributed by atoms with Crippen LogP contribution in [0.5, 0.6) is 0 Å². The maximum absolute atomic E-state index is 13.6. The van der Waals surface area contributed by atoms with E-state index in [0.717, 1.165) is 32.0 Å². The number of nitrogens with one attached hydrogen (secondary N) is 1. The van der Waals surface area contributed by atoms with Crippen molar-refractivity contribution in [3.63, 3.8) is 0 Å². The molecular formula is C28H32F3N3O3S. The first kappa shape index (κ1) is 28.1. The molecule has 4 heterocycles. The van der Waals surface area contributed by atoms with Gasteiger partial charge in [0.05, 0.1) is 29.3 Å². The highest BCUT2D eigenvalue weighted by Crippen LogP contribution is 2.42. The maximum atomic E-state index is 13.6. The molecule has 5 atom stereocenters. The van der Waals surface area contributed by atoms with Gasteiger partial charge in [-0.1, -0.05) is 12.7 Å². The van der Waals surface area contributed by atoms with E-state index in [1.807, 2.05) is 6.08 Å². The molecule has 0 aliphatic carbocycles. The molecule has 3 fully saturated rings. The Labute approximate surface area is 222 Å². The second-order valence-electron chi connectivity index (χ2n) is 9.90. The van der Waals surface area contributed by atoms with Gasteiger partial charge in [-0.3, -0.25) is 9.88 Å². The Morgan fingerprint density at radius 1 is 1.29 bits per heavy atom. The lowest BCUT2D eigenvalue weighted by atomic mass is 9.73. The van der Waals surface area contributed by atoms with Crippen LogP contribution in [-0.2, 0) is 20.9 Å². The lowest BCUT2D eigenvalue weighted by Crippen LogP contribution is -2.57. The molecule has 0 spiro atoms. The van der Waals surface area contributed by atoms with Crippen LogP contribution >= 0.6 is 0 Å². The fourth-order valence-electron chi connectivity index (χ4n) is 5.39. The van der Waals surface area contributed by atoms with E-state index >= 15 is 0 Å². The van der Waals surface area contributed by atoms with E-state index in [2.05, 4.69) is 27.8 Å². The number of hydrogen-bond donors (Lipinski definition) is 1. The Morgan fingerprint density at radius 2 is 2.05 bits per heavy atom. The molecule has 1 N–H and O–H groups in total. The number of piperidine rings is 3. The number of ether oxygens (including phenoxy) is 1. The molecular weight excluding hydrogens is 515 g/mol. The topological polar surface area (TPSA) is 71.5 Å². The molecule has 2 bridgehead atoms. The smallest absolute Gasteiger partial charge is 0.416 e. The van der Waals surface area contributed by atoms with Crippen molar-refractivity contribution in [3.8, 4) is 0 Å². The van der Waals surface area contributed by atoms with Crippen molar-refractivity contribution in [1.29, 1.82) is 0 Å². The molecule has 3 aliphatic heterocycles. The molecule has 0 radical (unpaired) electrons. The first-order chi connectivity index (χ1) is 17.9. The Hall–Kier alpha value is -2.95. The summed E-state index contributed by atoms with van der Waals surface area (Å²) in [6.45, 7) is 10.7. The third-order valence-corrected chi connectivity index (χ3v) is 8.80. The third kappa shape index (κ3) is 6.19. The minimum atomic E-state index is -4.66. The Kier molecular flexibility index (Phi) is 8.15. The zero-order valence-corrected chi connectivity index (χ0v) is 22.2. The van der Waals surface area contributed by atoms with Crippen molar-refractivity contribution < 1.29 is 26.3 Å². The van der Waals surface area contributed by atoms with Crippen LogP contribution in [0.15, 0.2) is 72.5 Å². The number of methoxy groups -OCH3 is 1. The number of aromatic nitrogens is 1. The largest absolute Gasteiger partial charge is 0.497 e. The summed E-state index contributed by atoms with van der Waals surface area (Å²) in [6, 6.07) is 5.51. The van der Waals surface area contributed by atoms with Gasteiger partial charge in [0.25, 0.3) is 0 Å². The Balaban J connectivity index is 1.74. The molecule has 204 valence electrons. The summed E-state index contributed by atoms with van der Waals surface area (Å²) in [6.07, 6.45) is 3.96. The number of fused-ring (bicyclic) bond motifs is 3. The number of sulfonamides is 1.